The van der Waals surface area contributed by atoms with Crippen LogP contribution < -0.4 is 10.1 Å². The summed E-state index contributed by atoms with van der Waals surface area (Å²) in [6.45, 7) is 4.81. The largest absolute Gasteiger partial charge is 0.491 e. The Hall–Kier alpha value is -1.52. The number of rotatable bonds is 6. The normalized spacial score (nSPS) is 12.2. The van der Waals surface area contributed by atoms with E-state index in [0.717, 1.165) is 22.6 Å². The first kappa shape index (κ1) is 13.9. The van der Waals surface area contributed by atoms with Gasteiger partial charge in [0.05, 0.1) is 0 Å². The fraction of sp³-hybridized carbons (Fsp3) is 0.333. The van der Waals surface area contributed by atoms with E-state index < -0.39 is 6.10 Å². The van der Waals surface area contributed by atoms with Crippen molar-refractivity contribution in [3.63, 3.8) is 0 Å². The monoisotopic (exact) mass is 277 g/mol. The Labute approximate surface area is 117 Å². The molecule has 2 N–H and O–H groups in total. The minimum Gasteiger partial charge on any atom is -0.491 e. The van der Waals surface area contributed by atoms with Crippen molar-refractivity contribution < 1.29 is 9.84 Å². The highest BCUT2D eigenvalue weighted by Crippen LogP contribution is 2.19. The van der Waals surface area contributed by atoms with Crippen molar-refractivity contribution in [2.24, 2.45) is 0 Å². The Balaban J connectivity index is 1.79. The Morgan fingerprint density at radius 1 is 1.32 bits per heavy atom. The Morgan fingerprint density at radius 2 is 2.16 bits per heavy atom. The molecule has 19 heavy (non-hydrogen) atoms. The van der Waals surface area contributed by atoms with Gasteiger partial charge in [0.2, 0.25) is 0 Å². The third-order valence-electron chi connectivity index (χ3n) is 2.84. The van der Waals surface area contributed by atoms with Crippen LogP contribution in [0.1, 0.15) is 11.1 Å². The molecule has 0 bridgehead atoms. The number of aliphatic hydroxyl groups excluding tert-OH is 1. The molecule has 0 aliphatic carbocycles. The highest BCUT2D eigenvalue weighted by molar-refractivity contribution is 7.08. The number of aliphatic hydroxyl groups is 1. The van der Waals surface area contributed by atoms with Gasteiger partial charge in [0.25, 0.3) is 0 Å². The van der Waals surface area contributed by atoms with Gasteiger partial charge in [-0.25, -0.2) is 0 Å². The minimum absolute atomic E-state index is 0.293. The molecule has 102 valence electrons. The fourth-order valence-electron chi connectivity index (χ4n) is 1.71. The van der Waals surface area contributed by atoms with Gasteiger partial charge in [-0.3, -0.25) is 0 Å². The molecule has 1 aromatic carbocycles. The standard InChI is InChI=1S/C15H19NO2S/c1-11-3-4-12(2)15(7-11)18-9-14(17)8-16-13-5-6-19-10-13/h3-7,10,14,16-17H,8-9H2,1-2H3. The first-order chi connectivity index (χ1) is 9.15. The Morgan fingerprint density at radius 3 is 2.89 bits per heavy atom. The van der Waals surface area contributed by atoms with E-state index in [9.17, 15) is 5.11 Å². The first-order valence-electron chi connectivity index (χ1n) is 6.29. The molecule has 3 nitrogen and oxygen atoms in total. The molecule has 1 atom stereocenters. The van der Waals surface area contributed by atoms with Gasteiger partial charge in [-0.15, -0.1) is 0 Å². The second-order valence-corrected chi connectivity index (χ2v) is 5.41. The molecule has 1 heterocycles. The van der Waals surface area contributed by atoms with Crippen LogP contribution in [0.25, 0.3) is 0 Å². The summed E-state index contributed by atoms with van der Waals surface area (Å²) < 4.78 is 5.66. The van der Waals surface area contributed by atoms with Crippen LogP contribution in [0.2, 0.25) is 0 Å². The van der Waals surface area contributed by atoms with E-state index in [1.54, 1.807) is 11.3 Å². The first-order valence-corrected chi connectivity index (χ1v) is 7.23. The van der Waals surface area contributed by atoms with E-state index in [-0.39, 0.29) is 0 Å². The number of benzene rings is 1. The molecule has 0 saturated carbocycles. The lowest BCUT2D eigenvalue weighted by atomic mass is 10.1. The molecule has 0 aliphatic rings. The second-order valence-electron chi connectivity index (χ2n) is 4.63. The maximum atomic E-state index is 9.89. The van der Waals surface area contributed by atoms with E-state index in [2.05, 4.69) is 11.4 Å². The van der Waals surface area contributed by atoms with Crippen LogP contribution in [-0.2, 0) is 0 Å². The van der Waals surface area contributed by atoms with Crippen LogP contribution in [-0.4, -0.2) is 24.4 Å². The molecule has 0 radical (unpaired) electrons. The molecule has 0 fully saturated rings. The number of ether oxygens (including phenoxy) is 1. The molecule has 2 rings (SSSR count). The van der Waals surface area contributed by atoms with Gasteiger partial charge in [-0.2, -0.15) is 11.3 Å². The zero-order valence-corrected chi connectivity index (χ0v) is 12.0. The average Bonchev–Trinajstić information content (AvgIpc) is 2.90. The third kappa shape index (κ3) is 4.26. The molecule has 1 unspecified atom stereocenters. The lowest BCUT2D eigenvalue weighted by Gasteiger charge is -2.15. The zero-order chi connectivity index (χ0) is 13.7. The molecular weight excluding hydrogens is 258 g/mol. The molecular formula is C15H19NO2S. The summed E-state index contributed by atoms with van der Waals surface area (Å²) in [5.74, 6) is 0.842. The maximum absolute atomic E-state index is 9.89. The number of nitrogens with one attached hydrogen (secondary N) is 1. The van der Waals surface area contributed by atoms with Gasteiger partial charge in [-0.1, -0.05) is 12.1 Å². The summed E-state index contributed by atoms with van der Waals surface area (Å²) in [6, 6.07) is 8.06. The SMILES string of the molecule is Cc1ccc(C)c(OCC(O)CNc2ccsc2)c1. The second kappa shape index (κ2) is 6.59. The van der Waals surface area contributed by atoms with Crippen LogP contribution in [0.15, 0.2) is 35.0 Å². The van der Waals surface area contributed by atoms with Crippen LogP contribution in [0.5, 0.6) is 5.75 Å². The van der Waals surface area contributed by atoms with E-state index in [1.807, 2.05) is 42.8 Å². The lowest BCUT2D eigenvalue weighted by molar-refractivity contribution is 0.117. The van der Waals surface area contributed by atoms with Crippen molar-refractivity contribution in [3.05, 3.63) is 46.2 Å². The summed E-state index contributed by atoms with van der Waals surface area (Å²) in [4.78, 5) is 0. The number of aryl methyl sites for hydroxylation is 2. The lowest BCUT2D eigenvalue weighted by Crippen LogP contribution is -2.26. The highest BCUT2D eigenvalue weighted by atomic mass is 32.1. The third-order valence-corrected chi connectivity index (χ3v) is 3.52. The quantitative estimate of drug-likeness (QED) is 0.852. The summed E-state index contributed by atoms with van der Waals surface area (Å²) in [6.07, 6.45) is -0.528. The molecule has 0 aliphatic heterocycles. The Bertz CT molecular complexity index is 511. The predicted octanol–water partition coefficient (Wildman–Crippen LogP) is 3.22. The highest BCUT2D eigenvalue weighted by Gasteiger charge is 2.07. The van der Waals surface area contributed by atoms with Crippen LogP contribution >= 0.6 is 11.3 Å². The van der Waals surface area contributed by atoms with E-state index in [1.165, 1.54) is 0 Å². The topological polar surface area (TPSA) is 41.5 Å². The smallest absolute Gasteiger partial charge is 0.122 e. The summed E-state index contributed by atoms with van der Waals surface area (Å²) in [7, 11) is 0. The van der Waals surface area contributed by atoms with Crippen molar-refractivity contribution in [3.8, 4) is 5.75 Å². The van der Waals surface area contributed by atoms with Crippen molar-refractivity contribution in [1.82, 2.24) is 0 Å². The van der Waals surface area contributed by atoms with Crippen molar-refractivity contribution in [2.75, 3.05) is 18.5 Å². The summed E-state index contributed by atoms with van der Waals surface area (Å²) in [5.41, 5.74) is 3.28. The zero-order valence-electron chi connectivity index (χ0n) is 11.2. The van der Waals surface area contributed by atoms with Crippen molar-refractivity contribution in [1.29, 1.82) is 0 Å². The molecule has 2 aromatic rings. The number of hydrogen-bond donors (Lipinski definition) is 2. The Kier molecular flexibility index (Phi) is 4.82. The van der Waals surface area contributed by atoms with Gasteiger partial charge >= 0.3 is 0 Å². The van der Waals surface area contributed by atoms with Crippen molar-refractivity contribution in [2.45, 2.75) is 20.0 Å². The maximum Gasteiger partial charge on any atom is 0.122 e. The van der Waals surface area contributed by atoms with Gasteiger partial charge in [0.15, 0.2) is 0 Å². The van der Waals surface area contributed by atoms with Crippen LogP contribution in [0.3, 0.4) is 0 Å². The number of thiophene rings is 1. The van der Waals surface area contributed by atoms with Crippen molar-refractivity contribution >= 4 is 17.0 Å². The molecule has 1 aromatic heterocycles. The van der Waals surface area contributed by atoms with Crippen LogP contribution in [0, 0.1) is 13.8 Å². The summed E-state index contributed by atoms with van der Waals surface area (Å²) in [5, 5.41) is 17.1. The van der Waals surface area contributed by atoms with Crippen LogP contribution in [0.4, 0.5) is 5.69 Å². The minimum atomic E-state index is -0.528. The number of anilines is 1. The average molecular weight is 277 g/mol. The molecule has 4 heteroatoms. The fourth-order valence-corrected chi connectivity index (χ4v) is 2.32. The number of hydrogen-bond acceptors (Lipinski definition) is 4. The molecule has 0 saturated heterocycles. The summed E-state index contributed by atoms with van der Waals surface area (Å²) >= 11 is 1.63. The van der Waals surface area contributed by atoms with Gasteiger partial charge in [0, 0.05) is 17.6 Å². The molecule has 0 amide bonds. The van der Waals surface area contributed by atoms with E-state index in [4.69, 9.17) is 4.74 Å². The van der Waals surface area contributed by atoms with Gasteiger partial charge < -0.3 is 15.2 Å². The van der Waals surface area contributed by atoms with Gasteiger partial charge in [-0.05, 0) is 42.5 Å². The van der Waals surface area contributed by atoms with E-state index in [0.29, 0.717) is 13.2 Å². The van der Waals surface area contributed by atoms with E-state index >= 15 is 0 Å². The molecule has 0 spiro atoms. The predicted molar refractivity (Wildman–Crippen MR) is 80.2 cm³/mol. The van der Waals surface area contributed by atoms with Gasteiger partial charge in [0.1, 0.15) is 18.5 Å².